The second-order valence-electron chi connectivity index (χ2n) is 9.51. The van der Waals surface area contributed by atoms with Crippen molar-refractivity contribution < 1.29 is 24.2 Å². The van der Waals surface area contributed by atoms with Crippen molar-refractivity contribution in [2.45, 2.75) is 12.2 Å². The third-order valence-electron chi connectivity index (χ3n) is 6.54. The Bertz CT molecular complexity index is 1760. The number of benzene rings is 5. The first-order valence-electron chi connectivity index (χ1n) is 13.4. The van der Waals surface area contributed by atoms with Gasteiger partial charge in [-0.15, -0.1) is 0 Å². The van der Waals surface area contributed by atoms with Crippen LogP contribution in [0.3, 0.4) is 0 Å². The summed E-state index contributed by atoms with van der Waals surface area (Å²) in [5.41, 5.74) is 7.97. The van der Waals surface area contributed by atoms with Gasteiger partial charge in [-0.2, -0.15) is 0 Å². The molecule has 216 valence electrons. The van der Waals surface area contributed by atoms with Crippen LogP contribution in [0.1, 0.15) is 11.7 Å². The van der Waals surface area contributed by atoms with Crippen LogP contribution in [-0.4, -0.2) is 23.2 Å². The number of rotatable bonds is 9. The maximum atomic E-state index is 13.3. The molecule has 0 saturated carbocycles. The predicted molar refractivity (Wildman–Crippen MR) is 172 cm³/mol. The number of amides is 2. The number of ether oxygens (including phenoxy) is 2. The normalized spacial score (nSPS) is 12.4. The molecular weight excluding hydrogens is 610 g/mol. The summed E-state index contributed by atoms with van der Waals surface area (Å²) in [6, 6.07) is 33.4. The predicted octanol–water partition coefficient (Wildman–Crippen LogP) is 7.82. The van der Waals surface area contributed by atoms with Crippen LogP contribution in [0.2, 0.25) is 0 Å². The topological polar surface area (TPSA) is 123 Å². The van der Waals surface area contributed by atoms with Crippen LogP contribution in [0.15, 0.2) is 132 Å². The molecule has 5 aromatic rings. The molecule has 0 spiro atoms. The van der Waals surface area contributed by atoms with E-state index in [-0.39, 0.29) is 5.75 Å². The maximum Gasteiger partial charge on any atom is 0.412 e. The van der Waals surface area contributed by atoms with Gasteiger partial charge in [0, 0.05) is 27.2 Å². The van der Waals surface area contributed by atoms with Crippen LogP contribution in [0.25, 0.3) is 10.8 Å². The van der Waals surface area contributed by atoms with E-state index in [1.165, 1.54) is 18.2 Å². The van der Waals surface area contributed by atoms with Gasteiger partial charge in [-0.25, -0.2) is 4.79 Å². The van der Waals surface area contributed by atoms with Crippen molar-refractivity contribution in [3.63, 3.8) is 0 Å². The molecule has 0 aromatic heterocycles. The van der Waals surface area contributed by atoms with E-state index in [9.17, 15) is 14.7 Å². The summed E-state index contributed by atoms with van der Waals surface area (Å²) in [7, 11) is 0. The molecule has 5 rings (SSSR count). The van der Waals surface area contributed by atoms with E-state index in [1.54, 1.807) is 78.9 Å². The fourth-order valence-corrected chi connectivity index (χ4v) is 4.75. The number of carbonyl (C=O) groups excluding carboxylic acids is 2. The fourth-order valence-electron chi connectivity index (χ4n) is 4.48. The van der Waals surface area contributed by atoms with Crippen LogP contribution in [-0.2, 0) is 9.53 Å². The number of nitrogen functional groups attached to an aromatic ring is 1. The van der Waals surface area contributed by atoms with Crippen molar-refractivity contribution in [1.29, 1.82) is 0 Å². The summed E-state index contributed by atoms with van der Waals surface area (Å²) in [4.78, 5) is 26.3. The van der Waals surface area contributed by atoms with Gasteiger partial charge in [-0.05, 0) is 66.1 Å². The zero-order chi connectivity index (χ0) is 30.2. The smallest absolute Gasteiger partial charge is 0.412 e. The number of hydrogen-bond acceptors (Lipinski definition) is 6. The molecule has 0 heterocycles. The summed E-state index contributed by atoms with van der Waals surface area (Å²) < 4.78 is 13.2. The van der Waals surface area contributed by atoms with Gasteiger partial charge in [-0.3, -0.25) is 10.1 Å². The fraction of sp³-hybridized carbons (Fsp3) is 0.0588. The Kier molecular flexibility index (Phi) is 9.23. The number of carbonyl (C=O) groups is 2. The number of phenols is 1. The molecule has 0 bridgehead atoms. The van der Waals surface area contributed by atoms with E-state index in [0.717, 1.165) is 4.47 Å². The van der Waals surface area contributed by atoms with Crippen LogP contribution in [0.4, 0.5) is 21.9 Å². The highest BCUT2D eigenvalue weighted by Gasteiger charge is 2.30. The minimum absolute atomic E-state index is 0.0771. The second kappa shape index (κ2) is 13.6. The van der Waals surface area contributed by atoms with Crippen LogP contribution >= 0.6 is 15.9 Å². The first-order chi connectivity index (χ1) is 20.9. The number of fused-ring (bicyclic) bond motifs is 1. The van der Waals surface area contributed by atoms with Crippen molar-refractivity contribution in [3.05, 3.63) is 137 Å². The van der Waals surface area contributed by atoms with E-state index in [0.29, 0.717) is 39.1 Å². The first kappa shape index (κ1) is 29.2. The lowest BCUT2D eigenvalue weighted by Crippen LogP contribution is -2.30. The molecule has 0 aliphatic rings. The van der Waals surface area contributed by atoms with E-state index in [4.69, 9.17) is 15.2 Å². The van der Waals surface area contributed by atoms with Crippen molar-refractivity contribution in [2.24, 2.45) is 0 Å². The van der Waals surface area contributed by atoms with Gasteiger partial charge in [0.2, 0.25) is 5.91 Å². The largest absolute Gasteiger partial charge is 0.507 e. The lowest BCUT2D eigenvalue weighted by atomic mass is 9.96. The molecule has 0 aliphatic heterocycles. The number of aromatic hydroxyl groups is 1. The van der Waals surface area contributed by atoms with E-state index >= 15 is 0 Å². The summed E-state index contributed by atoms with van der Waals surface area (Å²) in [6.45, 7) is 0. The summed E-state index contributed by atoms with van der Waals surface area (Å²) in [5, 5.41) is 17.3. The number of phenolic OH excluding ortho intramolecular Hbond substituents is 1. The molecular formula is C34H28BrN3O5. The summed E-state index contributed by atoms with van der Waals surface area (Å²) in [6.07, 6.45) is 0.0877. The summed E-state index contributed by atoms with van der Waals surface area (Å²) >= 11 is 3.39. The van der Waals surface area contributed by atoms with Crippen LogP contribution < -0.4 is 21.1 Å². The zero-order valence-corrected chi connectivity index (χ0v) is 24.4. The van der Waals surface area contributed by atoms with Gasteiger partial charge in [0.25, 0.3) is 0 Å². The van der Waals surface area contributed by atoms with Crippen molar-refractivity contribution in [2.75, 3.05) is 16.4 Å². The minimum atomic E-state index is -1.05. The van der Waals surface area contributed by atoms with Gasteiger partial charge in [-0.1, -0.05) is 76.6 Å². The monoisotopic (exact) mass is 637 g/mol. The molecule has 0 fully saturated rings. The molecule has 2 amide bonds. The van der Waals surface area contributed by atoms with Gasteiger partial charge in [0.15, 0.2) is 12.2 Å². The summed E-state index contributed by atoms with van der Waals surface area (Å²) in [5.74, 6) is 0.122. The number of para-hydroxylation sites is 3. The average molecular weight is 639 g/mol. The highest BCUT2D eigenvalue weighted by atomic mass is 79.9. The maximum absolute atomic E-state index is 13.3. The Morgan fingerprint density at radius 3 is 2.21 bits per heavy atom. The Morgan fingerprint density at radius 1 is 0.791 bits per heavy atom. The molecule has 0 unspecified atom stereocenters. The molecule has 43 heavy (non-hydrogen) atoms. The number of anilines is 3. The van der Waals surface area contributed by atoms with Gasteiger partial charge < -0.3 is 25.6 Å². The highest BCUT2D eigenvalue weighted by Crippen LogP contribution is 2.36. The Balaban J connectivity index is 1.53. The lowest BCUT2D eigenvalue weighted by molar-refractivity contribution is -0.112. The third-order valence-corrected chi connectivity index (χ3v) is 7.06. The minimum Gasteiger partial charge on any atom is -0.507 e. The molecule has 5 aromatic carbocycles. The van der Waals surface area contributed by atoms with Gasteiger partial charge >= 0.3 is 6.09 Å². The Morgan fingerprint density at radius 2 is 1.47 bits per heavy atom. The van der Waals surface area contributed by atoms with E-state index in [2.05, 4.69) is 26.6 Å². The molecule has 0 saturated heterocycles. The van der Waals surface area contributed by atoms with Crippen LogP contribution in [0.5, 0.6) is 11.5 Å². The quantitative estimate of drug-likeness (QED) is 0.0965. The molecule has 0 aliphatic carbocycles. The molecule has 8 nitrogen and oxygen atoms in total. The first-order valence-corrected chi connectivity index (χ1v) is 14.2. The SMILES string of the molecule is Nc1ccccc1NC(=O)/C=C/[C@H](Oc1ccccc1)[C@@H](OC(=O)Nc1ccc(Br)cc1)c1ccc(O)c2ccccc12. The Labute approximate surface area is 256 Å². The standard InChI is InChI=1S/C34H28BrN3O5/c35-22-14-16-23(17-15-22)37-34(41)43-33(27-18-19-30(39)26-11-5-4-10-25(26)27)31(42-24-8-2-1-3-9-24)20-21-32(40)38-29-13-7-6-12-28(29)36/h1-21,31,33,39H,36H2,(H,37,41)(H,38,40)/b21-20+/t31-,33-/m0/s1. The number of hydrogen-bond donors (Lipinski definition) is 4. The number of halogens is 1. The molecule has 0 radical (unpaired) electrons. The molecule has 5 N–H and O–H groups in total. The van der Waals surface area contributed by atoms with Crippen molar-refractivity contribution in [1.82, 2.24) is 0 Å². The third kappa shape index (κ3) is 7.52. The van der Waals surface area contributed by atoms with Crippen molar-refractivity contribution >= 4 is 55.8 Å². The van der Waals surface area contributed by atoms with Crippen LogP contribution in [0, 0.1) is 0 Å². The van der Waals surface area contributed by atoms with Gasteiger partial charge in [0.05, 0.1) is 11.4 Å². The zero-order valence-electron chi connectivity index (χ0n) is 22.8. The average Bonchev–Trinajstić information content (AvgIpc) is 3.01. The Hall–Kier alpha value is -5.28. The second-order valence-corrected chi connectivity index (χ2v) is 10.4. The highest BCUT2D eigenvalue weighted by molar-refractivity contribution is 9.10. The lowest BCUT2D eigenvalue weighted by Gasteiger charge is -2.27. The molecule has 9 heteroatoms. The van der Waals surface area contributed by atoms with E-state index < -0.39 is 24.2 Å². The van der Waals surface area contributed by atoms with Crippen molar-refractivity contribution in [3.8, 4) is 11.5 Å². The van der Waals surface area contributed by atoms with E-state index in [1.807, 2.05) is 30.3 Å². The van der Waals surface area contributed by atoms with Gasteiger partial charge in [0.1, 0.15) is 11.5 Å². The molecule has 2 atom stereocenters. The number of nitrogens with two attached hydrogens (primary N) is 1. The number of nitrogens with one attached hydrogen (secondary N) is 2.